The predicted molar refractivity (Wildman–Crippen MR) is 96.5 cm³/mol. The highest BCUT2D eigenvalue weighted by Gasteiger charge is 2.25. The molecule has 0 saturated carbocycles. The van der Waals surface area contributed by atoms with Crippen molar-refractivity contribution < 1.29 is 9.53 Å². The highest BCUT2D eigenvalue weighted by atomic mass is 35.5. The Morgan fingerprint density at radius 2 is 2.00 bits per heavy atom. The van der Waals surface area contributed by atoms with Crippen LogP contribution in [0.25, 0.3) is 0 Å². The molecule has 1 aliphatic rings. The molecule has 0 radical (unpaired) electrons. The second kappa shape index (κ2) is 7.69. The molecule has 1 heterocycles. The van der Waals surface area contributed by atoms with Crippen LogP contribution < -0.4 is 10.1 Å². The lowest BCUT2D eigenvalue weighted by atomic mass is 10.1. The molecule has 0 bridgehead atoms. The fraction of sp³-hybridized carbons (Fsp3) is 0.316. The molecule has 1 amide bonds. The maximum Gasteiger partial charge on any atom is 0.221 e. The number of rotatable bonds is 5. The average Bonchev–Trinajstić information content (AvgIpc) is 2.98. The summed E-state index contributed by atoms with van der Waals surface area (Å²) in [5, 5.41) is 3.54. The first kappa shape index (κ1) is 16.8. The van der Waals surface area contributed by atoms with E-state index >= 15 is 0 Å². The van der Waals surface area contributed by atoms with Crippen molar-refractivity contribution in [1.29, 1.82) is 0 Å². The van der Waals surface area contributed by atoms with Crippen molar-refractivity contribution in [1.82, 2.24) is 4.90 Å². The number of amides is 1. The lowest BCUT2D eigenvalue weighted by Crippen LogP contribution is -2.25. The van der Waals surface area contributed by atoms with E-state index in [0.717, 1.165) is 43.1 Å². The van der Waals surface area contributed by atoms with Crippen LogP contribution in [0.3, 0.4) is 0 Å². The number of para-hydroxylation sites is 2. The zero-order valence-electron chi connectivity index (χ0n) is 13.7. The summed E-state index contributed by atoms with van der Waals surface area (Å²) in [6, 6.07) is 15.5. The minimum Gasteiger partial charge on any atom is -0.487 e. The number of anilines is 1. The molecule has 24 heavy (non-hydrogen) atoms. The van der Waals surface area contributed by atoms with Crippen LogP contribution in [0.2, 0.25) is 5.02 Å². The Kier molecular flexibility index (Phi) is 5.38. The van der Waals surface area contributed by atoms with Gasteiger partial charge in [-0.3, -0.25) is 9.69 Å². The second-order valence-electron chi connectivity index (χ2n) is 6.03. The van der Waals surface area contributed by atoms with Crippen molar-refractivity contribution in [3.8, 4) is 5.75 Å². The fourth-order valence-corrected chi connectivity index (χ4v) is 3.15. The highest BCUT2D eigenvalue weighted by Crippen LogP contribution is 2.27. The van der Waals surface area contributed by atoms with Gasteiger partial charge in [0.05, 0.1) is 5.02 Å². The monoisotopic (exact) mass is 344 g/mol. The van der Waals surface area contributed by atoms with Gasteiger partial charge in [-0.25, -0.2) is 0 Å². The first-order valence-electron chi connectivity index (χ1n) is 8.11. The van der Waals surface area contributed by atoms with Crippen molar-refractivity contribution in [2.45, 2.75) is 26.0 Å². The van der Waals surface area contributed by atoms with Crippen LogP contribution in [0.15, 0.2) is 48.5 Å². The number of hydrogen-bond donors (Lipinski definition) is 1. The standard InChI is InChI=1S/C19H21ClN2O2/c1-14(23)21-18-8-4-2-6-15(18)12-22-11-10-16(13-22)24-19-9-5-3-7-17(19)20/h2-9,16H,10-13H2,1H3,(H,21,23)/t16-/m1/s1. The third-order valence-electron chi connectivity index (χ3n) is 4.08. The number of benzene rings is 2. The number of nitrogens with zero attached hydrogens (tertiary/aromatic N) is 1. The van der Waals surface area contributed by atoms with Gasteiger partial charge >= 0.3 is 0 Å². The van der Waals surface area contributed by atoms with Gasteiger partial charge in [0.15, 0.2) is 0 Å². The quantitative estimate of drug-likeness (QED) is 0.892. The van der Waals surface area contributed by atoms with Gasteiger partial charge in [-0.05, 0) is 30.2 Å². The van der Waals surface area contributed by atoms with Crippen molar-refractivity contribution in [2.24, 2.45) is 0 Å². The van der Waals surface area contributed by atoms with Gasteiger partial charge in [-0.1, -0.05) is 41.9 Å². The molecule has 1 N–H and O–H groups in total. The van der Waals surface area contributed by atoms with Crippen LogP contribution in [0.5, 0.6) is 5.75 Å². The zero-order valence-corrected chi connectivity index (χ0v) is 14.4. The number of likely N-dealkylation sites (tertiary alicyclic amines) is 1. The van der Waals surface area contributed by atoms with Crippen LogP contribution in [0.4, 0.5) is 5.69 Å². The van der Waals surface area contributed by atoms with Crippen molar-refractivity contribution in [3.63, 3.8) is 0 Å². The number of halogens is 1. The van der Waals surface area contributed by atoms with Gasteiger partial charge in [0.1, 0.15) is 11.9 Å². The third kappa shape index (κ3) is 4.28. The molecule has 1 saturated heterocycles. The van der Waals surface area contributed by atoms with Gasteiger partial charge in [0, 0.05) is 32.2 Å². The van der Waals surface area contributed by atoms with Gasteiger partial charge < -0.3 is 10.1 Å². The van der Waals surface area contributed by atoms with E-state index in [1.54, 1.807) is 0 Å². The van der Waals surface area contributed by atoms with Crippen LogP contribution in [-0.2, 0) is 11.3 Å². The molecule has 2 aromatic rings. The van der Waals surface area contributed by atoms with E-state index in [2.05, 4.69) is 10.2 Å². The fourth-order valence-electron chi connectivity index (χ4n) is 2.97. The van der Waals surface area contributed by atoms with E-state index in [9.17, 15) is 4.79 Å². The topological polar surface area (TPSA) is 41.6 Å². The predicted octanol–water partition coefficient (Wildman–Crippen LogP) is 3.95. The third-order valence-corrected chi connectivity index (χ3v) is 4.39. The van der Waals surface area contributed by atoms with E-state index in [1.165, 1.54) is 6.92 Å². The summed E-state index contributed by atoms with van der Waals surface area (Å²) in [7, 11) is 0. The van der Waals surface area contributed by atoms with Crippen LogP contribution in [-0.4, -0.2) is 30.0 Å². The van der Waals surface area contributed by atoms with Gasteiger partial charge in [-0.2, -0.15) is 0 Å². The summed E-state index contributed by atoms with van der Waals surface area (Å²) < 4.78 is 6.03. The Labute approximate surface area is 147 Å². The minimum absolute atomic E-state index is 0.0520. The summed E-state index contributed by atoms with van der Waals surface area (Å²) >= 11 is 6.16. The van der Waals surface area contributed by atoms with Crippen molar-refractivity contribution >= 4 is 23.2 Å². The number of nitrogens with one attached hydrogen (secondary N) is 1. The maximum atomic E-state index is 11.3. The summed E-state index contributed by atoms with van der Waals surface area (Å²) in [6.07, 6.45) is 1.10. The molecule has 4 nitrogen and oxygen atoms in total. The SMILES string of the molecule is CC(=O)Nc1ccccc1CN1CC[C@@H](Oc2ccccc2Cl)C1. The highest BCUT2D eigenvalue weighted by molar-refractivity contribution is 6.32. The maximum absolute atomic E-state index is 11.3. The molecule has 1 atom stereocenters. The van der Waals surface area contributed by atoms with Crippen LogP contribution in [0.1, 0.15) is 18.9 Å². The Hall–Kier alpha value is -2.04. The molecule has 3 rings (SSSR count). The smallest absolute Gasteiger partial charge is 0.221 e. The Bertz CT molecular complexity index is 720. The lowest BCUT2D eigenvalue weighted by Gasteiger charge is -2.19. The van der Waals surface area contributed by atoms with Crippen LogP contribution >= 0.6 is 11.6 Å². The molecule has 0 aromatic heterocycles. The average molecular weight is 345 g/mol. The Morgan fingerprint density at radius 1 is 1.25 bits per heavy atom. The van der Waals surface area contributed by atoms with Gasteiger partial charge in [0.25, 0.3) is 0 Å². The van der Waals surface area contributed by atoms with E-state index < -0.39 is 0 Å². The number of carbonyl (C=O) groups excluding carboxylic acids is 1. The van der Waals surface area contributed by atoms with Crippen molar-refractivity contribution in [3.05, 3.63) is 59.1 Å². The number of ether oxygens (including phenoxy) is 1. The van der Waals surface area contributed by atoms with Crippen molar-refractivity contribution in [2.75, 3.05) is 18.4 Å². The van der Waals surface area contributed by atoms with Gasteiger partial charge in [-0.15, -0.1) is 0 Å². The van der Waals surface area contributed by atoms with E-state index in [4.69, 9.17) is 16.3 Å². The first-order valence-corrected chi connectivity index (χ1v) is 8.48. The molecule has 126 valence electrons. The summed E-state index contributed by atoms with van der Waals surface area (Å²) in [5.41, 5.74) is 1.99. The van der Waals surface area contributed by atoms with Crippen LogP contribution in [0, 0.1) is 0 Å². The van der Waals surface area contributed by atoms with Gasteiger partial charge in [0.2, 0.25) is 5.91 Å². The summed E-state index contributed by atoms with van der Waals surface area (Å²) in [6.45, 7) is 4.13. The Balaban J connectivity index is 1.61. The summed E-state index contributed by atoms with van der Waals surface area (Å²) in [5.74, 6) is 0.688. The second-order valence-corrected chi connectivity index (χ2v) is 6.44. The molecule has 0 aliphatic carbocycles. The molecule has 2 aromatic carbocycles. The molecule has 0 unspecified atom stereocenters. The number of hydrogen-bond acceptors (Lipinski definition) is 3. The van der Waals surface area contributed by atoms with E-state index in [0.29, 0.717) is 5.02 Å². The molecular weight excluding hydrogens is 324 g/mol. The number of carbonyl (C=O) groups is 1. The lowest BCUT2D eigenvalue weighted by molar-refractivity contribution is -0.114. The van der Waals surface area contributed by atoms with E-state index in [1.807, 2.05) is 48.5 Å². The first-order chi connectivity index (χ1) is 11.6. The largest absolute Gasteiger partial charge is 0.487 e. The minimum atomic E-state index is -0.0520. The Morgan fingerprint density at radius 3 is 2.79 bits per heavy atom. The zero-order chi connectivity index (χ0) is 16.9. The molecule has 0 spiro atoms. The van der Waals surface area contributed by atoms with E-state index in [-0.39, 0.29) is 12.0 Å². The molecular formula is C19H21ClN2O2. The molecule has 1 fully saturated rings. The molecule has 1 aliphatic heterocycles. The normalized spacial score (nSPS) is 17.7. The summed E-state index contributed by atoms with van der Waals surface area (Å²) in [4.78, 5) is 13.7. The molecule has 5 heteroatoms.